The molecular formula is C24H29NO4. The molecule has 2 aromatic rings. The average molecular weight is 395 g/mol. The summed E-state index contributed by atoms with van der Waals surface area (Å²) in [5.41, 5.74) is 2.40. The highest BCUT2D eigenvalue weighted by molar-refractivity contribution is 5.72. The Morgan fingerprint density at radius 1 is 0.897 bits per heavy atom. The van der Waals surface area contributed by atoms with Gasteiger partial charge >= 0.3 is 5.97 Å². The highest BCUT2D eigenvalue weighted by Gasteiger charge is 2.28. The monoisotopic (exact) mass is 395 g/mol. The van der Waals surface area contributed by atoms with Crippen LogP contribution in [0.15, 0.2) is 60.7 Å². The summed E-state index contributed by atoms with van der Waals surface area (Å²) >= 11 is 0. The Morgan fingerprint density at radius 2 is 1.41 bits per heavy atom. The van der Waals surface area contributed by atoms with E-state index in [2.05, 4.69) is 41.3 Å². The zero-order chi connectivity index (χ0) is 20.6. The maximum absolute atomic E-state index is 12.1. The van der Waals surface area contributed by atoms with Crippen LogP contribution in [0.25, 0.3) is 0 Å². The molecule has 0 spiro atoms. The number of carbonyl (C=O) groups is 1. The Kier molecular flexibility index (Phi) is 7.30. The number of benzene rings is 2. The lowest BCUT2D eigenvalue weighted by Crippen LogP contribution is -2.37. The first-order valence-corrected chi connectivity index (χ1v) is 9.87. The molecule has 0 bridgehead atoms. The van der Waals surface area contributed by atoms with Crippen LogP contribution in [0.2, 0.25) is 0 Å². The van der Waals surface area contributed by atoms with Gasteiger partial charge < -0.3 is 14.2 Å². The quantitative estimate of drug-likeness (QED) is 0.495. The number of methoxy groups -OCH3 is 3. The lowest BCUT2D eigenvalue weighted by atomic mass is 9.89. The van der Waals surface area contributed by atoms with Crippen LogP contribution in [0.5, 0.6) is 11.5 Å². The van der Waals surface area contributed by atoms with E-state index >= 15 is 0 Å². The molecule has 0 saturated heterocycles. The fourth-order valence-electron chi connectivity index (χ4n) is 3.72. The second-order valence-corrected chi connectivity index (χ2v) is 7.29. The van der Waals surface area contributed by atoms with Crippen molar-refractivity contribution in [3.05, 3.63) is 71.8 Å². The zero-order valence-corrected chi connectivity index (χ0v) is 17.3. The maximum atomic E-state index is 12.1. The molecule has 0 aromatic heterocycles. The summed E-state index contributed by atoms with van der Waals surface area (Å²) in [4.78, 5) is 14.5. The molecule has 0 N–H and O–H groups in total. The van der Waals surface area contributed by atoms with E-state index < -0.39 is 0 Å². The molecule has 2 atom stereocenters. The smallest absolute Gasteiger partial charge is 0.309 e. The van der Waals surface area contributed by atoms with Crippen LogP contribution in [0, 0.1) is 5.92 Å². The van der Waals surface area contributed by atoms with Crippen molar-refractivity contribution in [1.82, 2.24) is 4.90 Å². The van der Waals surface area contributed by atoms with Gasteiger partial charge in [0.05, 0.1) is 27.2 Å². The van der Waals surface area contributed by atoms with Crippen LogP contribution >= 0.6 is 0 Å². The van der Waals surface area contributed by atoms with Crippen molar-refractivity contribution in [3.8, 4) is 11.5 Å². The first-order valence-electron chi connectivity index (χ1n) is 9.87. The van der Waals surface area contributed by atoms with E-state index in [1.807, 2.05) is 24.3 Å². The van der Waals surface area contributed by atoms with Gasteiger partial charge in [0.1, 0.15) is 11.5 Å². The number of carbonyl (C=O) groups excluding carboxylic acids is 1. The topological polar surface area (TPSA) is 48.0 Å². The lowest BCUT2D eigenvalue weighted by Gasteiger charge is -2.34. The SMILES string of the molecule is COC(=O)[C@H]1CC=C[C@@H](N(Cc2ccc(OC)cc2)Cc2ccc(OC)cc2)C1. The van der Waals surface area contributed by atoms with Crippen molar-refractivity contribution in [3.63, 3.8) is 0 Å². The molecule has 3 rings (SSSR count). The van der Waals surface area contributed by atoms with E-state index in [4.69, 9.17) is 14.2 Å². The second-order valence-electron chi connectivity index (χ2n) is 7.29. The third-order valence-electron chi connectivity index (χ3n) is 5.40. The fourth-order valence-corrected chi connectivity index (χ4v) is 3.72. The molecule has 0 radical (unpaired) electrons. The summed E-state index contributed by atoms with van der Waals surface area (Å²) in [6, 6.07) is 16.4. The summed E-state index contributed by atoms with van der Waals surface area (Å²) < 4.78 is 15.5. The molecule has 0 amide bonds. The lowest BCUT2D eigenvalue weighted by molar-refractivity contribution is -0.146. The molecule has 29 heavy (non-hydrogen) atoms. The van der Waals surface area contributed by atoms with Gasteiger partial charge in [0.15, 0.2) is 0 Å². The van der Waals surface area contributed by atoms with Crippen LogP contribution in [0.3, 0.4) is 0 Å². The molecule has 0 saturated carbocycles. The molecule has 0 heterocycles. The fraction of sp³-hybridized carbons (Fsp3) is 0.375. The highest BCUT2D eigenvalue weighted by Crippen LogP contribution is 2.27. The van der Waals surface area contributed by atoms with Crippen molar-refractivity contribution >= 4 is 5.97 Å². The van der Waals surface area contributed by atoms with Gasteiger partial charge in [0, 0.05) is 19.1 Å². The van der Waals surface area contributed by atoms with Crippen molar-refractivity contribution in [2.45, 2.75) is 32.0 Å². The average Bonchev–Trinajstić information content (AvgIpc) is 2.79. The van der Waals surface area contributed by atoms with Crippen LogP contribution in [-0.4, -0.2) is 38.2 Å². The highest BCUT2D eigenvalue weighted by atomic mass is 16.5. The molecule has 0 aliphatic heterocycles. The third-order valence-corrected chi connectivity index (χ3v) is 5.40. The molecule has 5 heteroatoms. The Morgan fingerprint density at radius 3 is 1.86 bits per heavy atom. The van der Waals surface area contributed by atoms with Gasteiger partial charge in [-0.05, 0) is 48.2 Å². The predicted molar refractivity (Wildman–Crippen MR) is 113 cm³/mol. The summed E-state index contributed by atoms with van der Waals surface area (Å²) in [6.07, 6.45) is 5.81. The standard InChI is InChI=1S/C24H29NO4/c1-27-22-11-7-18(8-12-22)16-25(17-19-9-13-23(28-2)14-10-19)21-6-4-5-20(15-21)24(26)29-3/h4,6-14,20-21H,5,15-17H2,1-3H3/t20-,21+/m0/s1. The summed E-state index contributed by atoms with van der Waals surface area (Å²) in [5, 5.41) is 0. The molecule has 2 aromatic carbocycles. The molecular weight excluding hydrogens is 366 g/mol. The van der Waals surface area contributed by atoms with E-state index in [1.165, 1.54) is 18.2 Å². The Hall–Kier alpha value is -2.79. The van der Waals surface area contributed by atoms with Gasteiger partial charge in [0.25, 0.3) is 0 Å². The minimum absolute atomic E-state index is 0.0933. The van der Waals surface area contributed by atoms with Crippen LogP contribution in [-0.2, 0) is 22.6 Å². The van der Waals surface area contributed by atoms with E-state index in [1.54, 1.807) is 14.2 Å². The second kappa shape index (κ2) is 10.1. The van der Waals surface area contributed by atoms with E-state index in [9.17, 15) is 4.79 Å². The molecule has 0 fully saturated rings. The number of allylic oxidation sites excluding steroid dienone is 1. The van der Waals surface area contributed by atoms with E-state index in [0.29, 0.717) is 0 Å². The first-order chi connectivity index (χ1) is 14.1. The predicted octanol–water partition coefficient (Wildman–Crippen LogP) is 4.21. The van der Waals surface area contributed by atoms with Crippen LogP contribution in [0.4, 0.5) is 0 Å². The Balaban J connectivity index is 1.80. The van der Waals surface area contributed by atoms with Crippen molar-refractivity contribution in [2.24, 2.45) is 5.92 Å². The maximum Gasteiger partial charge on any atom is 0.309 e. The minimum Gasteiger partial charge on any atom is -0.497 e. The molecule has 5 nitrogen and oxygen atoms in total. The van der Waals surface area contributed by atoms with Crippen molar-refractivity contribution in [2.75, 3.05) is 21.3 Å². The summed E-state index contributed by atoms with van der Waals surface area (Å²) in [7, 11) is 4.80. The molecule has 0 unspecified atom stereocenters. The molecule has 1 aliphatic carbocycles. The zero-order valence-electron chi connectivity index (χ0n) is 17.3. The van der Waals surface area contributed by atoms with Gasteiger partial charge in [-0.15, -0.1) is 0 Å². The summed E-state index contributed by atoms with van der Waals surface area (Å²) in [6.45, 7) is 1.55. The number of nitrogens with zero attached hydrogens (tertiary/aromatic N) is 1. The van der Waals surface area contributed by atoms with Gasteiger partial charge in [-0.3, -0.25) is 9.69 Å². The minimum atomic E-state index is -0.131. The number of esters is 1. The number of hydrogen-bond acceptors (Lipinski definition) is 5. The van der Waals surface area contributed by atoms with E-state index in [0.717, 1.165) is 37.4 Å². The number of hydrogen-bond donors (Lipinski definition) is 0. The van der Waals surface area contributed by atoms with Gasteiger partial charge in [-0.25, -0.2) is 0 Å². The molecule has 1 aliphatic rings. The van der Waals surface area contributed by atoms with Gasteiger partial charge in [0.2, 0.25) is 0 Å². The van der Waals surface area contributed by atoms with Gasteiger partial charge in [-0.1, -0.05) is 36.4 Å². The Labute approximate surface area is 172 Å². The van der Waals surface area contributed by atoms with Gasteiger partial charge in [-0.2, -0.15) is 0 Å². The van der Waals surface area contributed by atoms with Crippen molar-refractivity contribution < 1.29 is 19.0 Å². The van der Waals surface area contributed by atoms with Crippen LogP contribution in [0.1, 0.15) is 24.0 Å². The third kappa shape index (κ3) is 5.61. The first kappa shape index (κ1) is 20.9. The van der Waals surface area contributed by atoms with Crippen LogP contribution < -0.4 is 9.47 Å². The Bertz CT molecular complexity index is 764. The number of ether oxygens (including phenoxy) is 3. The van der Waals surface area contributed by atoms with Crippen molar-refractivity contribution in [1.29, 1.82) is 0 Å². The largest absolute Gasteiger partial charge is 0.497 e. The van der Waals surface area contributed by atoms with E-state index in [-0.39, 0.29) is 17.9 Å². The molecule has 154 valence electrons. The summed E-state index contributed by atoms with van der Waals surface area (Å²) in [5.74, 6) is 1.47. The number of rotatable bonds is 8. The normalized spacial score (nSPS) is 18.5.